The molecule has 4 aromatic rings. The van der Waals surface area contributed by atoms with Crippen molar-refractivity contribution in [2.45, 2.75) is 19.9 Å². The predicted octanol–water partition coefficient (Wildman–Crippen LogP) is 5.11. The van der Waals surface area contributed by atoms with E-state index < -0.39 is 0 Å². The van der Waals surface area contributed by atoms with E-state index in [-0.39, 0.29) is 5.82 Å². The Bertz CT molecular complexity index is 1020. The van der Waals surface area contributed by atoms with Crippen LogP contribution in [0.25, 0.3) is 27.2 Å². The van der Waals surface area contributed by atoms with Crippen molar-refractivity contribution >= 4 is 26.7 Å². The lowest BCUT2D eigenvalue weighted by molar-refractivity contribution is 0.627. The van der Waals surface area contributed by atoms with Gasteiger partial charge in [-0.15, -0.1) is 0 Å². The second-order valence-corrected chi connectivity index (χ2v) is 7.14. The molecule has 4 nitrogen and oxygen atoms in total. The molecule has 1 N–H and O–H groups in total. The molecule has 0 aliphatic carbocycles. The molecule has 0 bridgehead atoms. The number of halogens is 1. The first-order valence-corrected chi connectivity index (χ1v) is 8.89. The third-order valence-corrected chi connectivity index (χ3v) is 4.76. The minimum atomic E-state index is -0.256. The van der Waals surface area contributed by atoms with Crippen molar-refractivity contribution in [1.29, 1.82) is 0 Å². The summed E-state index contributed by atoms with van der Waals surface area (Å²) in [5, 5.41) is 8.66. The van der Waals surface area contributed by atoms with Gasteiger partial charge in [0.05, 0.1) is 27.8 Å². The number of aromatic nitrogens is 3. The number of fused-ring (bicyclic) bond motifs is 1. The summed E-state index contributed by atoms with van der Waals surface area (Å²) in [6.07, 6.45) is 1.75. The number of nitrogens with zero attached hydrogens (tertiary/aromatic N) is 3. The van der Waals surface area contributed by atoms with Crippen LogP contribution in [0.3, 0.4) is 0 Å². The minimum absolute atomic E-state index is 0.256. The molecule has 0 atom stereocenters. The molecule has 2 aromatic heterocycles. The van der Waals surface area contributed by atoms with E-state index in [1.165, 1.54) is 12.1 Å². The van der Waals surface area contributed by atoms with Crippen LogP contribution >= 0.6 is 11.3 Å². The largest absolute Gasteiger partial charge is 0.359 e. The van der Waals surface area contributed by atoms with Crippen LogP contribution in [0.5, 0.6) is 0 Å². The topological polar surface area (TPSA) is 42.7 Å². The van der Waals surface area contributed by atoms with Crippen molar-refractivity contribution in [2.24, 2.45) is 0 Å². The Balaban J connectivity index is 1.75. The van der Waals surface area contributed by atoms with Crippen LogP contribution in [-0.2, 0) is 0 Å². The normalized spacial score (nSPS) is 11.4. The van der Waals surface area contributed by atoms with Crippen molar-refractivity contribution in [3.63, 3.8) is 0 Å². The van der Waals surface area contributed by atoms with E-state index in [1.54, 1.807) is 29.7 Å². The number of anilines is 1. The highest BCUT2D eigenvalue weighted by molar-refractivity contribution is 7.22. The lowest BCUT2D eigenvalue weighted by atomic mass is 10.1. The van der Waals surface area contributed by atoms with E-state index in [2.05, 4.69) is 35.3 Å². The highest BCUT2D eigenvalue weighted by atomic mass is 32.1. The maximum atomic E-state index is 13.2. The SMILES string of the molecule is CC(C)Nc1nc2ccc(-c3ccnn3-c3ccc(F)cc3)cc2s1. The molecule has 0 radical (unpaired) electrons. The molecule has 2 aromatic carbocycles. The summed E-state index contributed by atoms with van der Waals surface area (Å²) in [5.74, 6) is -0.256. The van der Waals surface area contributed by atoms with E-state index in [9.17, 15) is 4.39 Å². The van der Waals surface area contributed by atoms with Gasteiger partial charge in [-0.05, 0) is 56.3 Å². The third kappa shape index (κ3) is 3.13. The molecule has 0 unspecified atom stereocenters. The second-order valence-electron chi connectivity index (χ2n) is 6.11. The lowest BCUT2D eigenvalue weighted by Gasteiger charge is -2.07. The minimum Gasteiger partial charge on any atom is -0.359 e. The summed E-state index contributed by atoms with van der Waals surface area (Å²) < 4.78 is 16.1. The fourth-order valence-electron chi connectivity index (χ4n) is 2.70. The molecule has 0 saturated heterocycles. The van der Waals surface area contributed by atoms with Crippen molar-refractivity contribution in [1.82, 2.24) is 14.8 Å². The Kier molecular flexibility index (Phi) is 3.97. The summed E-state index contributed by atoms with van der Waals surface area (Å²) in [7, 11) is 0. The van der Waals surface area contributed by atoms with Crippen molar-refractivity contribution in [2.75, 3.05) is 5.32 Å². The monoisotopic (exact) mass is 352 g/mol. The fraction of sp³-hybridized carbons (Fsp3) is 0.158. The van der Waals surface area contributed by atoms with Crippen LogP contribution in [0.15, 0.2) is 54.7 Å². The number of benzene rings is 2. The van der Waals surface area contributed by atoms with Crippen LogP contribution < -0.4 is 5.32 Å². The summed E-state index contributed by atoms with van der Waals surface area (Å²) in [5.41, 5.74) is 3.81. The van der Waals surface area contributed by atoms with E-state index in [0.717, 1.165) is 32.3 Å². The lowest BCUT2D eigenvalue weighted by Crippen LogP contribution is -2.08. The number of rotatable bonds is 4. The molecule has 6 heteroatoms. The third-order valence-electron chi connectivity index (χ3n) is 3.81. The zero-order valence-electron chi connectivity index (χ0n) is 13.9. The van der Waals surface area contributed by atoms with Crippen LogP contribution in [0.4, 0.5) is 9.52 Å². The molecule has 0 aliphatic rings. The Morgan fingerprint density at radius 2 is 1.88 bits per heavy atom. The second kappa shape index (κ2) is 6.29. The summed E-state index contributed by atoms with van der Waals surface area (Å²) in [6, 6.07) is 14.8. The van der Waals surface area contributed by atoms with Crippen molar-refractivity contribution in [3.8, 4) is 16.9 Å². The molecule has 0 fully saturated rings. The molecule has 0 saturated carbocycles. The Morgan fingerprint density at radius 3 is 2.64 bits per heavy atom. The average molecular weight is 352 g/mol. The van der Waals surface area contributed by atoms with Gasteiger partial charge in [0.1, 0.15) is 5.82 Å². The molecule has 126 valence electrons. The van der Waals surface area contributed by atoms with Gasteiger partial charge in [0.25, 0.3) is 0 Å². The van der Waals surface area contributed by atoms with Gasteiger partial charge in [-0.1, -0.05) is 17.4 Å². The van der Waals surface area contributed by atoms with E-state index >= 15 is 0 Å². The Hall–Kier alpha value is -2.73. The maximum Gasteiger partial charge on any atom is 0.183 e. The molecule has 0 spiro atoms. The van der Waals surface area contributed by atoms with Gasteiger partial charge in [-0.25, -0.2) is 14.1 Å². The smallest absolute Gasteiger partial charge is 0.183 e. The first kappa shape index (κ1) is 15.8. The molecular weight excluding hydrogens is 335 g/mol. The number of nitrogens with one attached hydrogen (secondary N) is 1. The van der Waals surface area contributed by atoms with Gasteiger partial charge in [-0.3, -0.25) is 0 Å². The number of thiazole rings is 1. The van der Waals surface area contributed by atoms with Gasteiger partial charge in [0.2, 0.25) is 0 Å². The van der Waals surface area contributed by atoms with Crippen molar-refractivity contribution in [3.05, 3.63) is 60.5 Å². The molecule has 0 aliphatic heterocycles. The molecular formula is C19H17FN4S. The van der Waals surface area contributed by atoms with Gasteiger partial charge < -0.3 is 5.32 Å². The Labute approximate surface area is 149 Å². The zero-order chi connectivity index (χ0) is 17.4. The molecule has 4 rings (SSSR count). The zero-order valence-corrected chi connectivity index (χ0v) is 14.7. The van der Waals surface area contributed by atoms with Crippen molar-refractivity contribution < 1.29 is 4.39 Å². The van der Waals surface area contributed by atoms with Crippen LogP contribution in [-0.4, -0.2) is 20.8 Å². The molecule has 25 heavy (non-hydrogen) atoms. The summed E-state index contributed by atoms with van der Waals surface area (Å²) in [4.78, 5) is 4.61. The van der Waals surface area contributed by atoms with Gasteiger partial charge in [0, 0.05) is 11.6 Å². The predicted molar refractivity (Wildman–Crippen MR) is 101 cm³/mol. The highest BCUT2D eigenvalue weighted by Gasteiger charge is 2.11. The molecule has 0 amide bonds. The van der Waals surface area contributed by atoms with Gasteiger partial charge >= 0.3 is 0 Å². The Morgan fingerprint density at radius 1 is 1.08 bits per heavy atom. The van der Waals surface area contributed by atoms with Crippen LogP contribution in [0.2, 0.25) is 0 Å². The highest BCUT2D eigenvalue weighted by Crippen LogP contribution is 2.31. The average Bonchev–Trinajstić information content (AvgIpc) is 3.20. The van der Waals surface area contributed by atoms with Crippen LogP contribution in [0, 0.1) is 5.82 Å². The fourth-order valence-corrected chi connectivity index (χ4v) is 3.75. The number of hydrogen-bond acceptors (Lipinski definition) is 4. The summed E-state index contributed by atoms with van der Waals surface area (Å²) >= 11 is 1.64. The van der Waals surface area contributed by atoms with E-state index in [0.29, 0.717) is 6.04 Å². The maximum absolute atomic E-state index is 13.2. The number of hydrogen-bond donors (Lipinski definition) is 1. The van der Waals surface area contributed by atoms with Gasteiger partial charge in [-0.2, -0.15) is 5.10 Å². The first-order chi connectivity index (χ1) is 12.1. The van der Waals surface area contributed by atoms with E-state index in [4.69, 9.17) is 0 Å². The van der Waals surface area contributed by atoms with E-state index in [1.807, 2.05) is 22.9 Å². The quantitative estimate of drug-likeness (QED) is 0.555. The summed E-state index contributed by atoms with van der Waals surface area (Å²) in [6.45, 7) is 4.19. The first-order valence-electron chi connectivity index (χ1n) is 8.07. The molecule has 2 heterocycles. The standard InChI is InChI=1S/C19H17FN4S/c1-12(2)22-19-23-16-8-3-13(11-18(16)25-19)17-9-10-21-24(17)15-6-4-14(20)5-7-15/h3-12H,1-2H3,(H,22,23). The van der Waals surface area contributed by atoms with Gasteiger partial charge in [0.15, 0.2) is 5.13 Å². The van der Waals surface area contributed by atoms with Crippen LogP contribution in [0.1, 0.15) is 13.8 Å².